The Balaban J connectivity index is 1.55. The van der Waals surface area contributed by atoms with Crippen LogP contribution in [0.25, 0.3) is 6.08 Å². The van der Waals surface area contributed by atoms with E-state index in [1.54, 1.807) is 37.5 Å². The summed E-state index contributed by atoms with van der Waals surface area (Å²) >= 11 is 0. The summed E-state index contributed by atoms with van der Waals surface area (Å²) in [7, 11) is 1.59. The first-order chi connectivity index (χ1) is 18.2. The van der Waals surface area contributed by atoms with Crippen molar-refractivity contribution in [3.05, 3.63) is 125 Å². The van der Waals surface area contributed by atoms with Crippen molar-refractivity contribution in [1.82, 2.24) is 0 Å². The lowest BCUT2D eigenvalue weighted by Gasteiger charge is -2.13. The highest BCUT2D eigenvalue weighted by Gasteiger charge is 2.13. The third-order valence-corrected chi connectivity index (χ3v) is 5.63. The molecule has 4 aromatic carbocycles. The van der Waals surface area contributed by atoms with Crippen LogP contribution in [0.1, 0.15) is 34.0 Å². The van der Waals surface area contributed by atoms with E-state index in [9.17, 15) is 4.79 Å². The lowest BCUT2D eigenvalue weighted by molar-refractivity contribution is 0.104. The second-order valence-electron chi connectivity index (χ2n) is 8.24. The summed E-state index contributed by atoms with van der Waals surface area (Å²) in [4.78, 5) is 13.2. The highest BCUT2D eigenvalue weighted by atomic mass is 16.5. The van der Waals surface area contributed by atoms with Crippen molar-refractivity contribution in [3.63, 3.8) is 0 Å². The number of ketones is 1. The fourth-order valence-electron chi connectivity index (χ4n) is 3.73. The molecule has 4 rings (SSSR count). The first kappa shape index (κ1) is 25.6. The molecule has 0 aliphatic carbocycles. The van der Waals surface area contributed by atoms with Crippen LogP contribution in [0.5, 0.6) is 23.0 Å². The summed E-state index contributed by atoms with van der Waals surface area (Å²) in [6.07, 6.45) is 3.26. The summed E-state index contributed by atoms with van der Waals surface area (Å²) < 4.78 is 23.1. The minimum absolute atomic E-state index is 0.186. The van der Waals surface area contributed by atoms with Crippen molar-refractivity contribution in [2.24, 2.45) is 0 Å². The van der Waals surface area contributed by atoms with Crippen LogP contribution in [0.2, 0.25) is 0 Å². The summed E-state index contributed by atoms with van der Waals surface area (Å²) in [6, 6.07) is 30.6. The topological polar surface area (TPSA) is 54.0 Å². The van der Waals surface area contributed by atoms with E-state index in [-0.39, 0.29) is 5.78 Å². The van der Waals surface area contributed by atoms with Gasteiger partial charge in [-0.3, -0.25) is 4.79 Å². The van der Waals surface area contributed by atoms with Crippen LogP contribution < -0.4 is 18.9 Å². The molecule has 0 bridgehead atoms. The third-order valence-electron chi connectivity index (χ3n) is 5.63. The van der Waals surface area contributed by atoms with Crippen LogP contribution in [0.4, 0.5) is 0 Å². The number of ether oxygens (including phenoxy) is 4. The molecule has 5 nitrogen and oxygen atoms in total. The zero-order chi connectivity index (χ0) is 25.9. The predicted molar refractivity (Wildman–Crippen MR) is 146 cm³/mol. The molecule has 4 aromatic rings. The maximum Gasteiger partial charge on any atom is 0.189 e. The molecule has 0 aliphatic rings. The van der Waals surface area contributed by atoms with E-state index in [2.05, 4.69) is 0 Å². The molecular formula is C32H30O5. The molecule has 0 fully saturated rings. The standard InChI is InChI=1S/C32H30O5/c1-3-35-27-16-14-26(31(20-27)34-2)15-19-30(33)29-18-17-28(36-22-24-10-6-4-7-11-24)21-32(29)37-23-25-12-8-5-9-13-25/h4-21H,3,22-23H2,1-2H3. The molecule has 0 saturated carbocycles. The van der Waals surface area contributed by atoms with Gasteiger partial charge in [0.1, 0.15) is 36.2 Å². The average molecular weight is 495 g/mol. The first-order valence-electron chi connectivity index (χ1n) is 12.2. The van der Waals surface area contributed by atoms with Crippen molar-refractivity contribution in [2.75, 3.05) is 13.7 Å². The predicted octanol–water partition coefficient (Wildman–Crippen LogP) is 7.15. The van der Waals surface area contributed by atoms with E-state index in [0.717, 1.165) is 16.7 Å². The summed E-state index contributed by atoms with van der Waals surface area (Å²) in [5, 5.41) is 0. The van der Waals surface area contributed by atoms with Crippen molar-refractivity contribution in [1.29, 1.82) is 0 Å². The van der Waals surface area contributed by atoms with E-state index in [1.165, 1.54) is 6.08 Å². The minimum Gasteiger partial charge on any atom is -0.496 e. The second kappa shape index (κ2) is 13.0. The van der Waals surface area contributed by atoms with Gasteiger partial charge in [-0.15, -0.1) is 0 Å². The van der Waals surface area contributed by atoms with E-state index >= 15 is 0 Å². The average Bonchev–Trinajstić information content (AvgIpc) is 2.95. The third kappa shape index (κ3) is 7.24. The SMILES string of the molecule is CCOc1ccc(C=CC(=O)c2ccc(OCc3ccccc3)cc2OCc2ccccc2)c(OC)c1. The van der Waals surface area contributed by atoms with Crippen molar-refractivity contribution in [3.8, 4) is 23.0 Å². The summed E-state index contributed by atoms with van der Waals surface area (Å²) in [5.74, 6) is 2.24. The van der Waals surface area contributed by atoms with Gasteiger partial charge in [0.2, 0.25) is 0 Å². The van der Waals surface area contributed by atoms with Crippen LogP contribution >= 0.6 is 0 Å². The highest BCUT2D eigenvalue weighted by molar-refractivity contribution is 6.08. The molecule has 0 amide bonds. The van der Waals surface area contributed by atoms with Gasteiger partial charge in [0, 0.05) is 17.7 Å². The molecule has 0 saturated heterocycles. The molecule has 0 aromatic heterocycles. The number of allylic oxidation sites excluding steroid dienone is 1. The monoisotopic (exact) mass is 494 g/mol. The second-order valence-corrected chi connectivity index (χ2v) is 8.24. The fraction of sp³-hybridized carbons (Fsp3) is 0.156. The number of hydrogen-bond acceptors (Lipinski definition) is 5. The van der Waals surface area contributed by atoms with Gasteiger partial charge in [-0.25, -0.2) is 0 Å². The lowest BCUT2D eigenvalue weighted by Crippen LogP contribution is -2.04. The first-order valence-corrected chi connectivity index (χ1v) is 12.2. The molecular weight excluding hydrogens is 464 g/mol. The van der Waals surface area contributed by atoms with Crippen LogP contribution in [-0.2, 0) is 13.2 Å². The smallest absolute Gasteiger partial charge is 0.189 e. The van der Waals surface area contributed by atoms with Crippen molar-refractivity contribution < 1.29 is 23.7 Å². The Morgan fingerprint density at radius 2 is 1.30 bits per heavy atom. The lowest BCUT2D eigenvalue weighted by atomic mass is 10.1. The maximum atomic E-state index is 13.2. The maximum absolute atomic E-state index is 13.2. The van der Waals surface area contributed by atoms with E-state index in [4.69, 9.17) is 18.9 Å². The summed E-state index contributed by atoms with van der Waals surface area (Å²) in [6.45, 7) is 3.24. The van der Waals surface area contributed by atoms with Crippen LogP contribution in [-0.4, -0.2) is 19.5 Å². The van der Waals surface area contributed by atoms with Gasteiger partial charge in [-0.1, -0.05) is 60.7 Å². The molecule has 0 heterocycles. The largest absolute Gasteiger partial charge is 0.496 e. The van der Waals surface area contributed by atoms with Crippen molar-refractivity contribution in [2.45, 2.75) is 20.1 Å². The Morgan fingerprint density at radius 3 is 1.95 bits per heavy atom. The molecule has 37 heavy (non-hydrogen) atoms. The van der Waals surface area contributed by atoms with E-state index < -0.39 is 0 Å². The van der Waals surface area contributed by atoms with Crippen LogP contribution in [0, 0.1) is 0 Å². The normalized spacial score (nSPS) is 10.8. The highest BCUT2D eigenvalue weighted by Crippen LogP contribution is 2.29. The van der Waals surface area contributed by atoms with E-state index in [1.807, 2.05) is 79.7 Å². The van der Waals surface area contributed by atoms with Gasteiger partial charge >= 0.3 is 0 Å². The molecule has 0 spiro atoms. The number of carbonyl (C=O) groups excluding carboxylic acids is 1. The fourth-order valence-corrected chi connectivity index (χ4v) is 3.73. The van der Waals surface area contributed by atoms with Crippen LogP contribution in [0.3, 0.4) is 0 Å². The summed E-state index contributed by atoms with van der Waals surface area (Å²) in [5.41, 5.74) is 3.28. The quantitative estimate of drug-likeness (QED) is 0.155. The van der Waals surface area contributed by atoms with Gasteiger partial charge in [0.25, 0.3) is 0 Å². The number of hydrogen-bond donors (Lipinski definition) is 0. The number of benzene rings is 4. The molecule has 0 radical (unpaired) electrons. The minimum atomic E-state index is -0.186. The Hall–Kier alpha value is -4.51. The molecule has 0 atom stereocenters. The van der Waals surface area contributed by atoms with Gasteiger partial charge < -0.3 is 18.9 Å². The molecule has 5 heteroatoms. The Morgan fingerprint density at radius 1 is 0.703 bits per heavy atom. The molecule has 188 valence electrons. The molecule has 0 N–H and O–H groups in total. The van der Waals surface area contributed by atoms with E-state index in [0.29, 0.717) is 48.4 Å². The number of carbonyl (C=O) groups is 1. The Labute approximate surface area is 217 Å². The number of methoxy groups -OCH3 is 1. The van der Waals surface area contributed by atoms with Crippen LogP contribution in [0.15, 0.2) is 103 Å². The Kier molecular flexibility index (Phi) is 8.97. The van der Waals surface area contributed by atoms with Gasteiger partial charge in [-0.05, 0) is 54.5 Å². The zero-order valence-corrected chi connectivity index (χ0v) is 21.1. The molecule has 0 unspecified atom stereocenters. The number of rotatable bonds is 12. The molecule has 0 aliphatic heterocycles. The Bertz CT molecular complexity index is 1330. The van der Waals surface area contributed by atoms with Gasteiger partial charge in [0.15, 0.2) is 5.78 Å². The zero-order valence-electron chi connectivity index (χ0n) is 21.1. The van der Waals surface area contributed by atoms with Gasteiger partial charge in [0.05, 0.1) is 19.3 Å². The van der Waals surface area contributed by atoms with Crippen molar-refractivity contribution >= 4 is 11.9 Å². The van der Waals surface area contributed by atoms with Gasteiger partial charge in [-0.2, -0.15) is 0 Å².